The molecule has 4 heteroatoms. The Balaban J connectivity index is 1.66. The zero-order chi connectivity index (χ0) is 21.2. The van der Waals surface area contributed by atoms with Crippen LogP contribution in [0.4, 0.5) is 5.69 Å². The Bertz CT molecular complexity index is 778. The van der Waals surface area contributed by atoms with Gasteiger partial charge in [-0.15, -0.1) is 0 Å². The van der Waals surface area contributed by atoms with Crippen molar-refractivity contribution >= 4 is 5.69 Å². The second kappa shape index (κ2) is 8.45. The topological polar surface area (TPSA) is 19.6 Å². The maximum atomic E-state index is 6.52. The summed E-state index contributed by atoms with van der Waals surface area (Å²) in [7, 11) is 4.13. The van der Waals surface area contributed by atoms with E-state index in [0.29, 0.717) is 0 Å². The van der Waals surface area contributed by atoms with Gasteiger partial charge in [0.05, 0.1) is 0 Å². The van der Waals surface area contributed by atoms with E-state index in [4.69, 9.17) is 4.84 Å². The van der Waals surface area contributed by atoms with Crippen molar-refractivity contribution < 1.29 is 9.40 Å². The van der Waals surface area contributed by atoms with Crippen LogP contribution in [0, 0.1) is 0 Å². The highest BCUT2D eigenvalue weighted by Gasteiger charge is 2.43. The lowest BCUT2D eigenvalue weighted by atomic mass is 9.82. The van der Waals surface area contributed by atoms with Crippen LogP contribution >= 0.6 is 0 Å². The van der Waals surface area contributed by atoms with E-state index in [1.165, 1.54) is 36.1 Å². The van der Waals surface area contributed by atoms with Crippen molar-refractivity contribution in [3.63, 3.8) is 0 Å². The molecule has 158 valence electrons. The van der Waals surface area contributed by atoms with Gasteiger partial charge in [0.25, 0.3) is 0 Å². The maximum absolute atomic E-state index is 6.52. The Kier molecular flexibility index (Phi) is 6.35. The van der Waals surface area contributed by atoms with Crippen LogP contribution in [0.25, 0.3) is 0 Å². The van der Waals surface area contributed by atoms with Crippen LogP contribution in [-0.2, 0) is 11.4 Å². The highest BCUT2D eigenvalue weighted by atomic mass is 16.7. The molecule has 0 N–H and O–H groups in total. The van der Waals surface area contributed by atoms with Gasteiger partial charge in [0.15, 0.2) is 18.9 Å². The van der Waals surface area contributed by atoms with Gasteiger partial charge in [-0.2, -0.15) is 5.06 Å². The number of piperidine rings is 1. The van der Waals surface area contributed by atoms with E-state index in [1.807, 2.05) is 0 Å². The first-order valence-corrected chi connectivity index (χ1v) is 10.8. The molecule has 1 atom stereocenters. The van der Waals surface area contributed by atoms with Crippen LogP contribution in [0.1, 0.15) is 71.1 Å². The lowest BCUT2D eigenvalue weighted by Crippen LogP contribution is -2.58. The SMILES string of the molecule is CC(ON1C(C)(C)CCCC1(C)C)c1cc[n+](Cc2ccc(N(C)C)cc2)cc1. The summed E-state index contributed by atoms with van der Waals surface area (Å²) in [4.78, 5) is 8.64. The highest BCUT2D eigenvalue weighted by molar-refractivity contribution is 5.45. The number of aromatic nitrogens is 1. The lowest BCUT2D eigenvalue weighted by molar-refractivity contribution is -0.688. The number of anilines is 1. The predicted octanol–water partition coefficient (Wildman–Crippen LogP) is 5.12. The van der Waals surface area contributed by atoms with Crippen molar-refractivity contribution in [2.75, 3.05) is 19.0 Å². The molecule has 1 aliphatic heterocycles. The number of rotatable bonds is 6. The zero-order valence-corrected chi connectivity index (χ0v) is 19.3. The number of hydrogen-bond donors (Lipinski definition) is 0. The van der Waals surface area contributed by atoms with E-state index in [2.05, 4.69) is 112 Å². The summed E-state index contributed by atoms with van der Waals surface area (Å²) < 4.78 is 2.22. The molecule has 0 bridgehead atoms. The summed E-state index contributed by atoms with van der Waals surface area (Å²) in [5, 5.41) is 2.25. The van der Waals surface area contributed by atoms with Gasteiger partial charge in [-0.1, -0.05) is 12.1 Å². The van der Waals surface area contributed by atoms with E-state index in [9.17, 15) is 0 Å². The number of benzene rings is 1. The van der Waals surface area contributed by atoms with Crippen LogP contribution in [0.2, 0.25) is 0 Å². The van der Waals surface area contributed by atoms with E-state index < -0.39 is 0 Å². The van der Waals surface area contributed by atoms with E-state index >= 15 is 0 Å². The van der Waals surface area contributed by atoms with Crippen LogP contribution in [0.15, 0.2) is 48.8 Å². The first-order valence-electron chi connectivity index (χ1n) is 10.8. The van der Waals surface area contributed by atoms with Crippen LogP contribution in [-0.4, -0.2) is 30.2 Å². The molecule has 29 heavy (non-hydrogen) atoms. The fraction of sp³-hybridized carbons (Fsp3) is 0.560. The second-order valence-electron chi connectivity index (χ2n) is 9.89. The zero-order valence-electron chi connectivity index (χ0n) is 19.3. The van der Waals surface area contributed by atoms with Gasteiger partial charge < -0.3 is 4.90 Å². The van der Waals surface area contributed by atoms with Gasteiger partial charge in [0, 0.05) is 48.6 Å². The fourth-order valence-corrected chi connectivity index (χ4v) is 4.44. The van der Waals surface area contributed by atoms with Crippen LogP contribution < -0.4 is 9.47 Å². The summed E-state index contributed by atoms with van der Waals surface area (Å²) >= 11 is 0. The number of hydrogen-bond acceptors (Lipinski definition) is 3. The molecule has 0 aliphatic carbocycles. The van der Waals surface area contributed by atoms with Crippen LogP contribution in [0.5, 0.6) is 0 Å². The van der Waals surface area contributed by atoms with Crippen molar-refractivity contribution in [2.45, 2.75) is 77.6 Å². The first kappa shape index (κ1) is 21.8. The summed E-state index contributed by atoms with van der Waals surface area (Å²) in [5.74, 6) is 0. The molecule has 0 amide bonds. The Labute approximate surface area is 177 Å². The molecule has 0 saturated carbocycles. The molecule has 1 aromatic heterocycles. The summed E-state index contributed by atoms with van der Waals surface area (Å²) in [6.07, 6.45) is 7.94. The Morgan fingerprint density at radius 3 is 2.03 bits per heavy atom. The van der Waals surface area contributed by atoms with Crippen molar-refractivity contribution in [3.8, 4) is 0 Å². The smallest absolute Gasteiger partial charge is 0.173 e. The average Bonchev–Trinajstić information content (AvgIpc) is 2.65. The van der Waals surface area contributed by atoms with Gasteiger partial charge in [-0.3, -0.25) is 4.84 Å². The molecule has 0 spiro atoms. The van der Waals surface area contributed by atoms with Crippen molar-refractivity contribution in [2.24, 2.45) is 0 Å². The number of pyridine rings is 1. The van der Waals surface area contributed by atoms with Gasteiger partial charge >= 0.3 is 0 Å². The van der Waals surface area contributed by atoms with Crippen molar-refractivity contribution in [3.05, 3.63) is 59.9 Å². The molecule has 3 rings (SSSR count). The number of hydroxylamine groups is 2. The first-order chi connectivity index (χ1) is 13.6. The third-order valence-electron chi connectivity index (χ3n) is 6.14. The Morgan fingerprint density at radius 2 is 1.52 bits per heavy atom. The Morgan fingerprint density at radius 1 is 0.966 bits per heavy atom. The molecule has 0 radical (unpaired) electrons. The van der Waals surface area contributed by atoms with E-state index in [0.717, 1.165) is 6.54 Å². The maximum Gasteiger partial charge on any atom is 0.173 e. The number of nitrogens with zero attached hydrogens (tertiary/aromatic N) is 3. The van der Waals surface area contributed by atoms with Gasteiger partial charge in [-0.25, -0.2) is 4.57 Å². The summed E-state index contributed by atoms with van der Waals surface area (Å²) in [5.41, 5.74) is 3.85. The monoisotopic (exact) mass is 396 g/mol. The molecule has 1 unspecified atom stereocenters. The molecular weight excluding hydrogens is 358 g/mol. The minimum absolute atomic E-state index is 0.0284. The lowest BCUT2D eigenvalue weighted by Gasteiger charge is -2.52. The van der Waals surface area contributed by atoms with Gasteiger partial charge in [0.1, 0.15) is 6.10 Å². The Hall–Kier alpha value is -1.91. The molecule has 2 aromatic rings. The van der Waals surface area contributed by atoms with Gasteiger partial charge in [-0.05, 0) is 71.6 Å². The van der Waals surface area contributed by atoms with Crippen LogP contribution in [0.3, 0.4) is 0 Å². The quantitative estimate of drug-likeness (QED) is 0.632. The van der Waals surface area contributed by atoms with Crippen molar-refractivity contribution in [1.29, 1.82) is 0 Å². The molecule has 4 nitrogen and oxygen atoms in total. The summed E-state index contributed by atoms with van der Waals surface area (Å²) in [6, 6.07) is 13.1. The van der Waals surface area contributed by atoms with Crippen molar-refractivity contribution in [1.82, 2.24) is 5.06 Å². The molecule has 2 heterocycles. The molecule has 1 saturated heterocycles. The largest absolute Gasteiger partial charge is 0.378 e. The molecule has 1 aromatic carbocycles. The third-order valence-corrected chi connectivity index (χ3v) is 6.14. The standard InChI is InChI=1S/C25H38N3O/c1-20(29-28-24(2,3)15-8-16-25(28,4)5)22-13-17-27(18-14-22)19-21-9-11-23(12-10-21)26(6)7/h9-14,17-18,20H,8,15-16,19H2,1-7H3/q+1. The normalized spacial score (nSPS) is 19.7. The minimum atomic E-state index is 0.0284. The third kappa shape index (κ3) is 5.18. The van der Waals surface area contributed by atoms with E-state index in [-0.39, 0.29) is 17.2 Å². The highest BCUT2D eigenvalue weighted by Crippen LogP contribution is 2.40. The molecule has 1 fully saturated rings. The van der Waals surface area contributed by atoms with Gasteiger partial charge in [0.2, 0.25) is 0 Å². The fourth-order valence-electron chi connectivity index (χ4n) is 4.44. The molecule has 1 aliphatic rings. The average molecular weight is 397 g/mol. The second-order valence-corrected chi connectivity index (χ2v) is 9.89. The van der Waals surface area contributed by atoms with E-state index in [1.54, 1.807) is 0 Å². The predicted molar refractivity (Wildman–Crippen MR) is 120 cm³/mol. The molecular formula is C25H38N3O+. The minimum Gasteiger partial charge on any atom is -0.378 e. The summed E-state index contributed by atoms with van der Waals surface area (Å²) in [6.45, 7) is 12.2.